The van der Waals surface area contributed by atoms with E-state index in [1.165, 1.54) is 20.2 Å². The molecule has 0 aliphatic carbocycles. The third-order valence-electron chi connectivity index (χ3n) is 5.84. The van der Waals surface area contributed by atoms with Gasteiger partial charge in [0.1, 0.15) is 11.3 Å². The van der Waals surface area contributed by atoms with Gasteiger partial charge in [0.05, 0.1) is 26.9 Å². The third-order valence-corrected chi connectivity index (χ3v) is 5.84. The Morgan fingerprint density at radius 2 is 1.88 bits per heavy atom. The number of aromatic nitrogens is 4. The Bertz CT molecular complexity index is 1550. The molecule has 0 spiro atoms. The minimum Gasteiger partial charge on any atom is -0.497 e. The Balaban J connectivity index is 1.44. The number of ketones is 1. The van der Waals surface area contributed by atoms with Crippen molar-refractivity contribution >= 4 is 34.9 Å². The summed E-state index contributed by atoms with van der Waals surface area (Å²) in [7, 11) is 3.01. The average molecular weight is 544 g/mol. The molecule has 206 valence electrons. The molecule has 4 rings (SSSR count). The summed E-state index contributed by atoms with van der Waals surface area (Å²) >= 11 is 0. The maximum Gasteiger partial charge on any atom is 0.303 e. The van der Waals surface area contributed by atoms with E-state index in [-0.39, 0.29) is 24.7 Å². The fraction of sp³-hybridized carbons (Fsp3) is 0.241. The zero-order valence-electron chi connectivity index (χ0n) is 22.4. The van der Waals surface area contributed by atoms with Crippen LogP contribution in [-0.2, 0) is 32.2 Å². The normalized spacial score (nSPS) is 11.9. The Hall–Kier alpha value is -4.90. The Morgan fingerprint density at radius 1 is 1.07 bits per heavy atom. The van der Waals surface area contributed by atoms with Crippen molar-refractivity contribution in [2.24, 2.45) is 0 Å². The van der Waals surface area contributed by atoms with E-state index in [4.69, 9.17) is 14.2 Å². The van der Waals surface area contributed by atoms with Crippen molar-refractivity contribution in [2.45, 2.75) is 26.2 Å². The summed E-state index contributed by atoms with van der Waals surface area (Å²) in [5.41, 5.74) is 3.38. The van der Waals surface area contributed by atoms with Crippen molar-refractivity contribution in [3.8, 4) is 5.75 Å². The van der Waals surface area contributed by atoms with Gasteiger partial charge < -0.3 is 19.5 Å². The van der Waals surface area contributed by atoms with Crippen LogP contribution in [0.15, 0.2) is 67.0 Å². The molecule has 0 radical (unpaired) electrons. The van der Waals surface area contributed by atoms with E-state index in [1.54, 1.807) is 42.3 Å². The first-order valence-electron chi connectivity index (χ1n) is 12.5. The molecule has 40 heavy (non-hydrogen) atoms. The third kappa shape index (κ3) is 6.94. The van der Waals surface area contributed by atoms with Crippen molar-refractivity contribution in [1.82, 2.24) is 25.1 Å². The molecule has 0 fully saturated rings. The van der Waals surface area contributed by atoms with Crippen molar-refractivity contribution in [1.29, 1.82) is 0 Å². The van der Waals surface area contributed by atoms with Gasteiger partial charge >= 0.3 is 5.97 Å². The average Bonchev–Trinajstić information content (AvgIpc) is 3.34. The monoisotopic (exact) mass is 543 g/mol. The van der Waals surface area contributed by atoms with Crippen molar-refractivity contribution < 1.29 is 28.6 Å². The molecule has 2 aromatic carbocycles. The highest BCUT2D eigenvalue weighted by molar-refractivity contribution is 6.13. The number of rotatable bonds is 12. The van der Waals surface area contributed by atoms with E-state index >= 15 is 0 Å². The van der Waals surface area contributed by atoms with Gasteiger partial charge in [0.25, 0.3) is 5.91 Å². The second-order valence-electron chi connectivity index (χ2n) is 8.70. The molecule has 2 aromatic heterocycles. The van der Waals surface area contributed by atoms with Crippen LogP contribution in [0.25, 0.3) is 17.2 Å². The van der Waals surface area contributed by atoms with E-state index in [0.29, 0.717) is 29.0 Å². The summed E-state index contributed by atoms with van der Waals surface area (Å²) in [6, 6.07) is 14.5. The standard InChI is InChI=1S/C29H29N5O6/c1-19(35)40-24(29(37)30-2)18-39-17-21-8-4-7-20(15-21)9-6-14-34-28-26(31-12-13-32-28)25(33-34)27(36)22-10-5-11-23(16-22)38-3/h4-13,15-16,24H,14,17-18H2,1-3H3,(H,30,37)/b9-6+/t24-/m0/s1. The number of nitrogens with one attached hydrogen (secondary N) is 1. The van der Waals surface area contributed by atoms with E-state index in [0.717, 1.165) is 11.1 Å². The minimum absolute atomic E-state index is 0.0659. The van der Waals surface area contributed by atoms with Crippen LogP contribution >= 0.6 is 0 Å². The number of carbonyl (C=O) groups is 3. The number of nitrogens with zero attached hydrogens (tertiary/aromatic N) is 4. The van der Waals surface area contributed by atoms with Crippen molar-refractivity contribution in [3.05, 3.63) is 89.4 Å². The Kier molecular flexibility index (Phi) is 9.31. The molecule has 2 heterocycles. The first-order chi connectivity index (χ1) is 19.4. The summed E-state index contributed by atoms with van der Waals surface area (Å²) in [5.74, 6) is -0.688. The SMILES string of the molecule is CNC(=O)[C@H](COCc1cccc(/C=C/Cn2nc(C(=O)c3cccc(OC)c3)c3nccnc32)c1)OC(C)=O. The summed E-state index contributed by atoms with van der Waals surface area (Å²) < 4.78 is 17.5. The highest BCUT2D eigenvalue weighted by Gasteiger charge is 2.21. The molecule has 11 heteroatoms. The van der Waals surface area contributed by atoms with Crippen molar-refractivity contribution in [3.63, 3.8) is 0 Å². The van der Waals surface area contributed by atoms with Gasteiger partial charge in [0.2, 0.25) is 11.9 Å². The molecule has 4 aromatic rings. The van der Waals surface area contributed by atoms with Gasteiger partial charge in [0, 0.05) is 31.9 Å². The van der Waals surface area contributed by atoms with E-state index in [2.05, 4.69) is 20.4 Å². The molecule has 0 aliphatic heterocycles. The van der Waals surface area contributed by atoms with Crippen molar-refractivity contribution in [2.75, 3.05) is 20.8 Å². The van der Waals surface area contributed by atoms with Gasteiger partial charge in [-0.2, -0.15) is 5.10 Å². The van der Waals surface area contributed by atoms with Crippen LogP contribution in [0.5, 0.6) is 5.75 Å². The predicted octanol–water partition coefficient (Wildman–Crippen LogP) is 2.97. The molecule has 0 unspecified atom stereocenters. The highest BCUT2D eigenvalue weighted by atomic mass is 16.6. The zero-order valence-corrected chi connectivity index (χ0v) is 22.4. The first-order valence-corrected chi connectivity index (χ1v) is 12.5. The lowest BCUT2D eigenvalue weighted by Gasteiger charge is -2.15. The number of allylic oxidation sites excluding steroid dienone is 1. The lowest BCUT2D eigenvalue weighted by atomic mass is 10.1. The molecular weight excluding hydrogens is 514 g/mol. The van der Waals surface area contributed by atoms with Crippen LogP contribution in [0, 0.1) is 0 Å². The summed E-state index contributed by atoms with van der Waals surface area (Å²) in [5, 5.41) is 6.98. The number of methoxy groups -OCH3 is 1. The fourth-order valence-corrected chi connectivity index (χ4v) is 3.97. The Morgan fingerprint density at radius 3 is 2.65 bits per heavy atom. The summed E-state index contributed by atoms with van der Waals surface area (Å²) in [6.07, 6.45) is 5.90. The van der Waals surface area contributed by atoms with Gasteiger partial charge in [-0.05, 0) is 29.3 Å². The number of hydrogen-bond acceptors (Lipinski definition) is 9. The second kappa shape index (κ2) is 13.3. The summed E-state index contributed by atoms with van der Waals surface area (Å²) in [6.45, 7) is 1.76. The number of benzene rings is 2. The topological polar surface area (TPSA) is 135 Å². The maximum absolute atomic E-state index is 13.2. The molecule has 0 bridgehead atoms. The molecule has 1 amide bonds. The number of ether oxygens (including phenoxy) is 3. The van der Waals surface area contributed by atoms with E-state index in [9.17, 15) is 14.4 Å². The van der Waals surface area contributed by atoms with Crippen LogP contribution in [0.3, 0.4) is 0 Å². The van der Waals surface area contributed by atoms with Gasteiger partial charge in [0.15, 0.2) is 11.3 Å². The highest BCUT2D eigenvalue weighted by Crippen LogP contribution is 2.20. The van der Waals surface area contributed by atoms with E-state index < -0.39 is 18.0 Å². The van der Waals surface area contributed by atoms with Crippen LogP contribution in [0.2, 0.25) is 0 Å². The number of esters is 1. The molecule has 1 N–H and O–H groups in total. The molecule has 0 saturated carbocycles. The maximum atomic E-state index is 13.2. The lowest BCUT2D eigenvalue weighted by Crippen LogP contribution is -2.38. The second-order valence-corrected chi connectivity index (χ2v) is 8.70. The number of fused-ring (bicyclic) bond motifs is 1. The van der Waals surface area contributed by atoms with Gasteiger partial charge in [-0.3, -0.25) is 14.4 Å². The first kappa shape index (κ1) is 28.1. The van der Waals surface area contributed by atoms with Crippen LogP contribution in [-0.4, -0.2) is 64.3 Å². The molecule has 0 aliphatic rings. The molecule has 11 nitrogen and oxygen atoms in total. The van der Waals surface area contributed by atoms with Crippen LogP contribution in [0.4, 0.5) is 0 Å². The Labute approximate surface area is 230 Å². The largest absolute Gasteiger partial charge is 0.497 e. The molecular formula is C29H29N5O6. The van der Waals surface area contributed by atoms with Gasteiger partial charge in [-0.25, -0.2) is 14.6 Å². The number of carbonyl (C=O) groups excluding carboxylic acids is 3. The lowest BCUT2D eigenvalue weighted by molar-refractivity contribution is -0.157. The fourth-order valence-electron chi connectivity index (χ4n) is 3.97. The summed E-state index contributed by atoms with van der Waals surface area (Å²) in [4.78, 5) is 45.1. The zero-order chi connectivity index (χ0) is 28.5. The molecule has 1 atom stereocenters. The quantitative estimate of drug-likeness (QED) is 0.211. The van der Waals surface area contributed by atoms with Crippen LogP contribution in [0.1, 0.15) is 34.1 Å². The number of hydrogen-bond donors (Lipinski definition) is 1. The number of likely N-dealkylation sites (N-methyl/N-ethyl adjacent to an activating group) is 1. The van der Waals surface area contributed by atoms with Crippen LogP contribution < -0.4 is 10.1 Å². The smallest absolute Gasteiger partial charge is 0.303 e. The van der Waals surface area contributed by atoms with E-state index in [1.807, 2.05) is 36.4 Å². The van der Waals surface area contributed by atoms with Gasteiger partial charge in [-0.15, -0.1) is 0 Å². The number of amides is 1. The van der Waals surface area contributed by atoms with Gasteiger partial charge in [-0.1, -0.05) is 42.5 Å². The molecule has 0 saturated heterocycles. The minimum atomic E-state index is -1.02. The predicted molar refractivity (Wildman–Crippen MR) is 147 cm³/mol.